The largest absolute Gasteiger partial charge is 0.383 e. The first-order valence-corrected chi connectivity index (χ1v) is 11.3. The average Bonchev–Trinajstić information content (AvgIpc) is 2.99. The van der Waals surface area contributed by atoms with Crippen LogP contribution in [0, 0.1) is 11.3 Å². The number of anilines is 1. The minimum Gasteiger partial charge on any atom is -0.383 e. The highest BCUT2D eigenvalue weighted by Gasteiger charge is 2.25. The Morgan fingerprint density at radius 3 is 2.93 bits per heavy atom. The van der Waals surface area contributed by atoms with Gasteiger partial charge in [0.15, 0.2) is 17.1 Å². The normalized spacial score (nSPS) is 21.2. The number of ether oxygens (including phenoxy) is 2. The molecule has 2 saturated heterocycles. The molecule has 11 heteroatoms. The van der Waals surface area contributed by atoms with Crippen LogP contribution in [0.2, 0.25) is 5.02 Å². The Bertz CT molecular complexity index is 823. The Morgan fingerprint density at radius 2 is 2.20 bits per heavy atom. The minimum absolute atomic E-state index is 0.0967. The first-order chi connectivity index (χ1) is 14.5. The van der Waals surface area contributed by atoms with Gasteiger partial charge in [-0.1, -0.05) is 11.6 Å². The zero-order valence-corrected chi connectivity index (χ0v) is 17.9. The highest BCUT2D eigenvalue weighted by molar-refractivity contribution is 7.83. The van der Waals surface area contributed by atoms with E-state index in [0.29, 0.717) is 45.0 Å². The van der Waals surface area contributed by atoms with Gasteiger partial charge in [0.1, 0.15) is 12.2 Å². The van der Waals surface area contributed by atoms with Crippen LogP contribution in [0.5, 0.6) is 0 Å². The molecule has 2 atom stereocenters. The smallest absolute Gasteiger partial charge is 0.263 e. The van der Waals surface area contributed by atoms with Crippen LogP contribution in [0.3, 0.4) is 0 Å². The van der Waals surface area contributed by atoms with Gasteiger partial charge in [0, 0.05) is 39.4 Å². The topological polar surface area (TPSA) is 104 Å². The molecule has 0 bridgehead atoms. The highest BCUT2D eigenvalue weighted by Crippen LogP contribution is 2.29. The Labute approximate surface area is 182 Å². The molecule has 1 amide bonds. The van der Waals surface area contributed by atoms with E-state index < -0.39 is 29.2 Å². The van der Waals surface area contributed by atoms with E-state index >= 15 is 0 Å². The monoisotopic (exact) mass is 458 g/mol. The number of carbonyl (C=O) groups is 1. The molecule has 1 aromatic carbocycles. The molecule has 2 heterocycles. The first-order valence-electron chi connectivity index (χ1n) is 9.73. The van der Waals surface area contributed by atoms with Crippen molar-refractivity contribution in [1.82, 2.24) is 9.62 Å². The van der Waals surface area contributed by atoms with Crippen LogP contribution in [0.4, 0.5) is 10.1 Å². The van der Waals surface area contributed by atoms with Crippen molar-refractivity contribution < 1.29 is 22.9 Å². The third kappa shape index (κ3) is 6.12. The summed E-state index contributed by atoms with van der Waals surface area (Å²) in [6.45, 7) is 3.24. The lowest BCUT2D eigenvalue weighted by Crippen LogP contribution is -2.48. The van der Waals surface area contributed by atoms with Crippen LogP contribution in [-0.2, 0) is 25.3 Å². The predicted octanol–water partition coefficient (Wildman–Crippen LogP) is 1.61. The number of nitrogens with zero attached hydrogens (tertiary/aromatic N) is 2. The van der Waals surface area contributed by atoms with Crippen molar-refractivity contribution in [3.63, 3.8) is 0 Å². The fraction of sp³-hybridized carbons (Fsp3) is 0.579. The van der Waals surface area contributed by atoms with Crippen LogP contribution in [0.1, 0.15) is 18.4 Å². The molecule has 2 fully saturated rings. The summed E-state index contributed by atoms with van der Waals surface area (Å²) in [5.41, 5.74) is 0.667. The number of hydrogen-bond acceptors (Lipinski definition) is 7. The van der Waals surface area contributed by atoms with Crippen molar-refractivity contribution in [3.05, 3.63) is 22.7 Å². The highest BCUT2D eigenvalue weighted by atomic mass is 35.5. The molecule has 0 aliphatic carbocycles. The zero-order valence-electron chi connectivity index (χ0n) is 16.4. The fourth-order valence-electron chi connectivity index (χ4n) is 3.15. The quantitative estimate of drug-likeness (QED) is 0.570. The Balaban J connectivity index is 1.57. The van der Waals surface area contributed by atoms with Crippen LogP contribution < -0.4 is 10.0 Å². The predicted molar refractivity (Wildman–Crippen MR) is 110 cm³/mol. The SMILES string of the molecule is N#Cc1cc(S(=O)NC(=O)C2COCCCO2)cc(Cl)c1NCCCN1CC(F)C1. The van der Waals surface area contributed by atoms with Crippen molar-refractivity contribution in [2.45, 2.75) is 30.0 Å². The van der Waals surface area contributed by atoms with Gasteiger partial charge in [-0.3, -0.25) is 14.4 Å². The summed E-state index contributed by atoms with van der Waals surface area (Å²) < 4.78 is 38.5. The van der Waals surface area contributed by atoms with Gasteiger partial charge in [-0.2, -0.15) is 5.26 Å². The second-order valence-electron chi connectivity index (χ2n) is 7.10. The Kier molecular flexibility index (Phi) is 8.41. The second-order valence-corrected chi connectivity index (χ2v) is 8.72. The van der Waals surface area contributed by atoms with Gasteiger partial charge in [-0.25, -0.2) is 8.60 Å². The van der Waals surface area contributed by atoms with Crippen molar-refractivity contribution >= 4 is 34.2 Å². The van der Waals surface area contributed by atoms with Gasteiger partial charge in [0.2, 0.25) is 0 Å². The van der Waals surface area contributed by atoms with E-state index in [-0.39, 0.29) is 22.1 Å². The molecule has 30 heavy (non-hydrogen) atoms. The van der Waals surface area contributed by atoms with E-state index in [1.807, 2.05) is 11.0 Å². The number of benzene rings is 1. The summed E-state index contributed by atoms with van der Waals surface area (Å²) in [6.07, 6.45) is -0.103. The number of halogens is 2. The molecule has 0 spiro atoms. The maximum absolute atomic E-state index is 12.8. The molecule has 0 saturated carbocycles. The van der Waals surface area contributed by atoms with Crippen LogP contribution >= 0.6 is 11.6 Å². The summed E-state index contributed by atoms with van der Waals surface area (Å²) in [6, 6.07) is 4.92. The molecule has 2 unspecified atom stereocenters. The summed E-state index contributed by atoms with van der Waals surface area (Å²) in [7, 11) is -1.90. The number of rotatable bonds is 8. The van der Waals surface area contributed by atoms with Gasteiger partial charge in [-0.15, -0.1) is 0 Å². The summed E-state index contributed by atoms with van der Waals surface area (Å²) >= 11 is 6.30. The molecule has 164 valence electrons. The minimum atomic E-state index is -1.90. The molecule has 1 aromatic rings. The van der Waals surface area contributed by atoms with Crippen molar-refractivity contribution in [2.24, 2.45) is 0 Å². The van der Waals surface area contributed by atoms with Crippen molar-refractivity contribution in [1.29, 1.82) is 5.26 Å². The second kappa shape index (κ2) is 11.0. The number of carbonyl (C=O) groups excluding carboxylic acids is 1. The number of nitriles is 1. The third-order valence-corrected chi connectivity index (χ3v) is 6.12. The molecule has 2 aliphatic heterocycles. The van der Waals surface area contributed by atoms with E-state index in [9.17, 15) is 18.7 Å². The number of alkyl halides is 1. The van der Waals surface area contributed by atoms with Crippen LogP contribution in [0.15, 0.2) is 17.0 Å². The Hall–Kier alpha value is -1.77. The van der Waals surface area contributed by atoms with Gasteiger partial charge >= 0.3 is 0 Å². The van der Waals surface area contributed by atoms with Crippen LogP contribution in [-0.4, -0.2) is 73.3 Å². The Morgan fingerprint density at radius 1 is 1.40 bits per heavy atom. The molecular formula is C19H24ClFN4O4S. The standard InChI is InChI=1S/C19H24ClFN4O4S/c20-16-8-15(30(27)24-19(26)17-12-28-5-2-6-29-17)7-13(9-22)18(16)23-3-1-4-25-10-14(21)11-25/h7-8,14,17,23H,1-6,10-12H2,(H,24,26). The maximum Gasteiger partial charge on any atom is 0.263 e. The molecular weight excluding hydrogens is 435 g/mol. The number of amides is 1. The number of likely N-dealkylation sites (tertiary alicyclic amines) is 1. The average molecular weight is 459 g/mol. The van der Waals surface area contributed by atoms with Gasteiger partial charge in [0.25, 0.3) is 5.91 Å². The molecule has 3 rings (SSSR count). The lowest BCUT2D eigenvalue weighted by Gasteiger charge is -2.34. The maximum atomic E-state index is 12.8. The molecule has 0 radical (unpaired) electrons. The number of hydrogen-bond donors (Lipinski definition) is 2. The van der Waals surface area contributed by atoms with Crippen LogP contribution in [0.25, 0.3) is 0 Å². The summed E-state index contributed by atoms with van der Waals surface area (Å²) in [5.74, 6) is -0.548. The molecule has 0 aromatic heterocycles. The van der Waals surface area contributed by atoms with Gasteiger partial charge < -0.3 is 14.8 Å². The lowest BCUT2D eigenvalue weighted by molar-refractivity contribution is -0.132. The van der Waals surface area contributed by atoms with E-state index in [1.165, 1.54) is 12.1 Å². The molecule has 2 aliphatic rings. The summed E-state index contributed by atoms with van der Waals surface area (Å²) in [5, 5.41) is 12.8. The van der Waals surface area contributed by atoms with Crippen molar-refractivity contribution in [3.8, 4) is 6.07 Å². The first kappa shape index (κ1) is 22.9. The fourth-order valence-corrected chi connectivity index (χ4v) is 4.39. The van der Waals surface area contributed by atoms with E-state index in [1.54, 1.807) is 0 Å². The van der Waals surface area contributed by atoms with E-state index in [4.69, 9.17) is 21.1 Å². The van der Waals surface area contributed by atoms with E-state index in [0.717, 1.165) is 13.0 Å². The summed E-state index contributed by atoms with van der Waals surface area (Å²) in [4.78, 5) is 14.5. The van der Waals surface area contributed by atoms with Gasteiger partial charge in [-0.05, 0) is 25.0 Å². The van der Waals surface area contributed by atoms with E-state index in [2.05, 4.69) is 10.0 Å². The molecule has 2 N–H and O–H groups in total. The van der Waals surface area contributed by atoms with Crippen molar-refractivity contribution in [2.75, 3.05) is 51.3 Å². The lowest BCUT2D eigenvalue weighted by atomic mass is 10.1. The zero-order chi connectivity index (χ0) is 21.5. The third-order valence-electron chi connectivity index (χ3n) is 4.77. The molecule has 8 nitrogen and oxygen atoms in total. The number of nitrogens with one attached hydrogen (secondary N) is 2. The van der Waals surface area contributed by atoms with Gasteiger partial charge in [0.05, 0.1) is 27.8 Å².